The van der Waals surface area contributed by atoms with Crippen molar-refractivity contribution in [3.63, 3.8) is 0 Å². The minimum absolute atomic E-state index is 0.258. The Labute approximate surface area is 261 Å². The van der Waals surface area contributed by atoms with Crippen molar-refractivity contribution in [2.45, 2.75) is 27.4 Å². The summed E-state index contributed by atoms with van der Waals surface area (Å²) in [5.41, 5.74) is 14.6. The number of fused-ring (bicyclic) bond motifs is 1. The molecule has 44 heavy (non-hydrogen) atoms. The third-order valence-electron chi connectivity index (χ3n) is 7.41. The molecule has 6 aromatic rings. The summed E-state index contributed by atoms with van der Waals surface area (Å²) in [6.07, 6.45) is 0. The highest BCUT2D eigenvalue weighted by Gasteiger charge is 2.23. The van der Waals surface area contributed by atoms with E-state index in [4.69, 9.17) is 20.2 Å². The van der Waals surface area contributed by atoms with Crippen molar-refractivity contribution in [1.82, 2.24) is 4.98 Å². The molecule has 0 radical (unpaired) electrons. The normalized spacial score (nSPS) is 11.0. The molecule has 0 aliphatic carbocycles. The largest absolute Gasteiger partial charge is 0.490 e. The Hall–Kier alpha value is -5.14. The molecular formula is C37H33N3O3S. The highest BCUT2D eigenvalue weighted by Crippen LogP contribution is 2.43. The fourth-order valence-corrected chi connectivity index (χ4v) is 6.14. The van der Waals surface area contributed by atoms with Crippen LogP contribution in [-0.4, -0.2) is 17.5 Å². The first-order valence-corrected chi connectivity index (χ1v) is 15.3. The Morgan fingerprint density at radius 3 is 2.34 bits per heavy atom. The quantitative estimate of drug-likeness (QED) is 0.173. The molecule has 0 fully saturated rings. The second kappa shape index (κ2) is 12.6. The van der Waals surface area contributed by atoms with Crippen LogP contribution in [0.2, 0.25) is 0 Å². The van der Waals surface area contributed by atoms with Gasteiger partial charge in [-0.3, -0.25) is 4.79 Å². The zero-order valence-electron chi connectivity index (χ0n) is 24.9. The summed E-state index contributed by atoms with van der Waals surface area (Å²) in [5.74, 6) is 1.03. The van der Waals surface area contributed by atoms with Gasteiger partial charge in [-0.05, 0) is 72.9 Å². The van der Waals surface area contributed by atoms with Crippen molar-refractivity contribution in [1.29, 1.82) is 0 Å². The molecule has 1 amide bonds. The number of pyridine rings is 1. The lowest BCUT2D eigenvalue weighted by molar-refractivity contribution is 0.103. The maximum Gasteiger partial charge on any atom is 0.267 e. The lowest BCUT2D eigenvalue weighted by Gasteiger charge is -2.15. The van der Waals surface area contributed by atoms with E-state index in [1.54, 1.807) is 0 Å². The summed E-state index contributed by atoms with van der Waals surface area (Å²) < 4.78 is 12.2. The summed E-state index contributed by atoms with van der Waals surface area (Å²) in [6.45, 7) is 6.82. The third-order valence-corrected chi connectivity index (χ3v) is 8.51. The van der Waals surface area contributed by atoms with E-state index in [2.05, 4.69) is 5.32 Å². The molecule has 0 aliphatic rings. The third kappa shape index (κ3) is 6.00. The number of hydrogen-bond acceptors (Lipinski definition) is 6. The van der Waals surface area contributed by atoms with Gasteiger partial charge in [-0.15, -0.1) is 11.3 Å². The Bertz CT molecular complexity index is 1950. The summed E-state index contributed by atoms with van der Waals surface area (Å²) in [6, 6.07) is 33.9. The molecule has 220 valence electrons. The van der Waals surface area contributed by atoms with Crippen LogP contribution >= 0.6 is 11.3 Å². The van der Waals surface area contributed by atoms with Crippen molar-refractivity contribution in [2.75, 3.05) is 17.7 Å². The van der Waals surface area contributed by atoms with Gasteiger partial charge >= 0.3 is 0 Å². The molecule has 4 aromatic carbocycles. The standard InChI is InChI=1S/C37H33N3O3S/c1-4-42-32-20-27(17-18-31(32)43-22-25-11-7-5-8-12-25)28-21-30(26-13-9-6-10-14-26)40-37-33(28)34(38)35(44-37)36(41)39-29-19-23(2)15-16-24(29)3/h5-21H,4,22,38H2,1-3H3,(H,39,41). The summed E-state index contributed by atoms with van der Waals surface area (Å²) in [7, 11) is 0. The number of nitrogens with two attached hydrogens (primary N) is 1. The molecule has 0 saturated heterocycles. The summed E-state index contributed by atoms with van der Waals surface area (Å²) in [5, 5.41) is 3.80. The summed E-state index contributed by atoms with van der Waals surface area (Å²) in [4.78, 5) is 19.7. The molecule has 2 aromatic heterocycles. The second-order valence-corrected chi connectivity index (χ2v) is 11.6. The van der Waals surface area contributed by atoms with E-state index < -0.39 is 0 Å². The second-order valence-electron chi connectivity index (χ2n) is 10.6. The average molecular weight is 600 g/mol. The van der Waals surface area contributed by atoms with Crippen LogP contribution in [0.15, 0.2) is 103 Å². The van der Waals surface area contributed by atoms with Crippen molar-refractivity contribution >= 4 is 38.8 Å². The van der Waals surface area contributed by atoms with Gasteiger partial charge in [0, 0.05) is 16.6 Å². The van der Waals surface area contributed by atoms with Gasteiger partial charge in [0.25, 0.3) is 5.91 Å². The van der Waals surface area contributed by atoms with Gasteiger partial charge in [0.05, 0.1) is 18.0 Å². The van der Waals surface area contributed by atoms with E-state index in [0.717, 1.165) is 50.1 Å². The first-order valence-electron chi connectivity index (χ1n) is 14.5. The number of nitrogen functional groups attached to an aromatic ring is 1. The van der Waals surface area contributed by atoms with Gasteiger partial charge in [0.1, 0.15) is 16.3 Å². The molecule has 0 saturated carbocycles. The number of benzene rings is 4. The van der Waals surface area contributed by atoms with Crippen molar-refractivity contribution in [3.05, 3.63) is 125 Å². The van der Waals surface area contributed by atoms with E-state index in [9.17, 15) is 4.79 Å². The fourth-order valence-electron chi connectivity index (χ4n) is 5.12. The molecular weight excluding hydrogens is 566 g/mol. The predicted octanol–water partition coefficient (Wildman–Crippen LogP) is 9.06. The van der Waals surface area contributed by atoms with Gasteiger partial charge in [-0.1, -0.05) is 78.9 Å². The molecule has 0 aliphatic heterocycles. The number of hydrogen-bond donors (Lipinski definition) is 2. The van der Waals surface area contributed by atoms with Crippen LogP contribution < -0.4 is 20.5 Å². The number of thiophene rings is 1. The van der Waals surface area contributed by atoms with E-state index in [1.807, 2.05) is 124 Å². The first kappa shape index (κ1) is 29.0. The minimum atomic E-state index is -0.258. The lowest BCUT2D eigenvalue weighted by Crippen LogP contribution is -2.13. The van der Waals surface area contributed by atoms with Gasteiger partial charge in [0.2, 0.25) is 0 Å². The molecule has 0 bridgehead atoms. The van der Waals surface area contributed by atoms with Crippen molar-refractivity contribution in [3.8, 4) is 33.9 Å². The van der Waals surface area contributed by atoms with E-state index in [0.29, 0.717) is 40.1 Å². The molecule has 0 atom stereocenters. The maximum atomic E-state index is 13.6. The Kier molecular flexibility index (Phi) is 8.30. The van der Waals surface area contributed by atoms with Crippen LogP contribution in [0.1, 0.15) is 33.3 Å². The van der Waals surface area contributed by atoms with Gasteiger partial charge in [0.15, 0.2) is 11.5 Å². The van der Waals surface area contributed by atoms with E-state index >= 15 is 0 Å². The lowest BCUT2D eigenvalue weighted by atomic mass is 9.99. The van der Waals surface area contributed by atoms with Crippen molar-refractivity contribution in [2.24, 2.45) is 0 Å². The number of carbonyl (C=O) groups is 1. The van der Waals surface area contributed by atoms with E-state index in [1.165, 1.54) is 11.3 Å². The van der Waals surface area contributed by atoms with Crippen LogP contribution in [0.5, 0.6) is 11.5 Å². The maximum absolute atomic E-state index is 13.6. The van der Waals surface area contributed by atoms with Gasteiger partial charge in [-0.2, -0.15) is 0 Å². The highest BCUT2D eigenvalue weighted by molar-refractivity contribution is 7.21. The highest BCUT2D eigenvalue weighted by atomic mass is 32.1. The monoisotopic (exact) mass is 599 g/mol. The van der Waals surface area contributed by atoms with Crippen LogP contribution in [-0.2, 0) is 6.61 Å². The van der Waals surface area contributed by atoms with Crippen LogP contribution in [0.3, 0.4) is 0 Å². The van der Waals surface area contributed by atoms with Crippen LogP contribution in [0, 0.1) is 13.8 Å². The number of aromatic nitrogens is 1. The molecule has 6 rings (SSSR count). The van der Waals surface area contributed by atoms with E-state index in [-0.39, 0.29) is 5.91 Å². The van der Waals surface area contributed by atoms with Crippen LogP contribution in [0.25, 0.3) is 32.6 Å². The van der Waals surface area contributed by atoms with Gasteiger partial charge in [-0.25, -0.2) is 4.98 Å². The molecule has 2 heterocycles. The number of carbonyl (C=O) groups excluding carboxylic acids is 1. The Balaban J connectivity index is 1.45. The van der Waals surface area contributed by atoms with Gasteiger partial charge < -0.3 is 20.5 Å². The number of anilines is 2. The fraction of sp³-hybridized carbons (Fsp3) is 0.135. The molecule has 3 N–H and O–H groups in total. The van der Waals surface area contributed by atoms with Crippen LogP contribution in [0.4, 0.5) is 11.4 Å². The zero-order valence-corrected chi connectivity index (χ0v) is 25.7. The first-order chi connectivity index (χ1) is 21.4. The molecule has 0 unspecified atom stereocenters. The SMILES string of the molecule is CCOc1cc(-c2cc(-c3ccccc3)nc3sc(C(=O)Nc4cc(C)ccc4C)c(N)c23)ccc1OCc1ccccc1. The predicted molar refractivity (Wildman–Crippen MR) is 181 cm³/mol. The van der Waals surface area contributed by atoms with Crippen molar-refractivity contribution < 1.29 is 14.3 Å². The average Bonchev–Trinajstić information content (AvgIpc) is 3.39. The number of rotatable bonds is 9. The number of amides is 1. The smallest absolute Gasteiger partial charge is 0.267 e. The summed E-state index contributed by atoms with van der Waals surface area (Å²) >= 11 is 1.30. The number of ether oxygens (including phenoxy) is 2. The molecule has 0 spiro atoms. The molecule has 7 heteroatoms. The number of nitrogens with one attached hydrogen (secondary N) is 1. The zero-order chi connectivity index (χ0) is 30.6. The molecule has 6 nitrogen and oxygen atoms in total. The Morgan fingerprint density at radius 1 is 0.841 bits per heavy atom. The topological polar surface area (TPSA) is 86.5 Å². The Morgan fingerprint density at radius 2 is 1.59 bits per heavy atom. The minimum Gasteiger partial charge on any atom is -0.490 e. The number of nitrogens with zero attached hydrogens (tertiary/aromatic N) is 1. The number of aryl methyl sites for hydroxylation is 2.